The molecule has 3 nitrogen and oxygen atoms in total. The molecule has 0 aliphatic heterocycles. The monoisotopic (exact) mass is 378 g/mol. The van der Waals surface area contributed by atoms with Gasteiger partial charge >= 0.3 is 0 Å². The van der Waals surface area contributed by atoms with E-state index >= 15 is 0 Å². The lowest BCUT2D eigenvalue weighted by Gasteiger charge is -2.49. The van der Waals surface area contributed by atoms with Crippen LogP contribution in [0.15, 0.2) is 52.3 Å². The summed E-state index contributed by atoms with van der Waals surface area (Å²) in [5.41, 5.74) is 12.3. The van der Waals surface area contributed by atoms with Crippen LogP contribution in [0.4, 0.5) is 10.1 Å². The van der Waals surface area contributed by atoms with Gasteiger partial charge in [-0.1, -0.05) is 23.9 Å². The minimum absolute atomic E-state index is 0.380. The van der Waals surface area contributed by atoms with Crippen molar-refractivity contribution in [1.29, 1.82) is 0 Å². The Bertz CT molecular complexity index is 816. The van der Waals surface area contributed by atoms with Crippen LogP contribution in [0.1, 0.15) is 5.56 Å². The molecule has 0 aliphatic rings. The third-order valence-electron chi connectivity index (χ3n) is 5.76. The second kappa shape index (κ2) is 7.96. The molecule has 0 atom stereocenters. The number of rotatable bonds is 7. The molecule has 0 amide bonds. The number of halogens is 1. The fourth-order valence-electron chi connectivity index (χ4n) is 2.71. The van der Waals surface area contributed by atoms with E-state index in [4.69, 9.17) is 16.2 Å². The van der Waals surface area contributed by atoms with E-state index < -0.39 is 16.1 Å². The number of alkyl halides is 1. The van der Waals surface area contributed by atoms with Crippen LogP contribution in [0.5, 0.6) is 5.75 Å². The molecule has 0 saturated heterocycles. The summed E-state index contributed by atoms with van der Waals surface area (Å²) in [6, 6.07) is 13.6. The van der Waals surface area contributed by atoms with Gasteiger partial charge in [0.25, 0.3) is 0 Å². The Morgan fingerprint density at radius 1 is 0.963 bits per heavy atom. The Labute approximate surface area is 171 Å². The minimum Gasteiger partial charge on any atom is -0.506 e. The van der Waals surface area contributed by atoms with E-state index in [2.05, 4.69) is 0 Å². The summed E-state index contributed by atoms with van der Waals surface area (Å²) in [4.78, 5) is 2.02. The van der Waals surface area contributed by atoms with E-state index in [1.807, 2.05) is 73.8 Å². The highest BCUT2D eigenvalue weighted by atomic mass is 32.2. The van der Waals surface area contributed by atoms with Crippen molar-refractivity contribution in [3.63, 3.8) is 0 Å². The molecule has 11 heteroatoms. The maximum atomic E-state index is 14.7. The lowest BCUT2D eigenvalue weighted by molar-refractivity contribution is 0.171. The van der Waals surface area contributed by atoms with Crippen molar-refractivity contribution < 1.29 is 9.13 Å². The molecule has 136 valence electrons. The van der Waals surface area contributed by atoms with Gasteiger partial charge in [-0.15, -0.1) is 0 Å². The Balaban J connectivity index is 2.29. The maximum absolute atomic E-state index is 14.7. The summed E-state index contributed by atoms with van der Waals surface area (Å²) in [6.07, 6.45) is 0. The average molecular weight is 377 g/mol. The maximum Gasteiger partial charge on any atom is 0.145 e. The molecule has 0 saturated carbocycles. The fourth-order valence-corrected chi connectivity index (χ4v) is 3.69. The van der Waals surface area contributed by atoms with Crippen LogP contribution in [-0.2, 0) is 6.54 Å². The smallest absolute Gasteiger partial charge is 0.145 e. The van der Waals surface area contributed by atoms with Gasteiger partial charge in [-0.3, -0.25) is 4.39 Å². The molecule has 2 rings (SSSR count). The zero-order chi connectivity index (χ0) is 20.5. The van der Waals surface area contributed by atoms with Crippen molar-refractivity contribution in [2.75, 3.05) is 5.73 Å². The van der Waals surface area contributed by atoms with Gasteiger partial charge in [-0.05, 0) is 41.1 Å². The number of hydrogen-bond acceptors (Lipinski definition) is 4. The molecule has 0 radical (unpaired) electrons. The summed E-state index contributed by atoms with van der Waals surface area (Å²) < 4.78 is 21.0. The molecule has 2 aromatic carbocycles. The summed E-state index contributed by atoms with van der Waals surface area (Å²) >= 11 is 1.58. The normalized spacial score (nSPS) is 12.7. The molecule has 0 aromatic heterocycles. The second-order valence-electron chi connectivity index (χ2n) is 8.32. The predicted octanol–water partition coefficient (Wildman–Crippen LogP) is -2.55. The molecule has 27 heavy (non-hydrogen) atoms. The van der Waals surface area contributed by atoms with Crippen LogP contribution < -0.4 is 16.2 Å². The standard InChI is InChI=1S/C16H25B6FN2OS/c17-14(18,15(19,20)23)16(21,22)26-10-5-6-12(9(7-10)8-24)27-13-4-2-1-3-11(13)25/h1-7H,8,17-22,24-25H2. The van der Waals surface area contributed by atoms with Crippen molar-refractivity contribution in [1.82, 2.24) is 0 Å². The van der Waals surface area contributed by atoms with Gasteiger partial charge in [-0.25, -0.2) is 0 Å². The van der Waals surface area contributed by atoms with Gasteiger partial charge in [0.05, 0.1) is 0 Å². The quantitative estimate of drug-likeness (QED) is 0.412. The highest BCUT2D eigenvalue weighted by molar-refractivity contribution is 7.99. The van der Waals surface area contributed by atoms with Gasteiger partial charge < -0.3 is 16.2 Å². The van der Waals surface area contributed by atoms with Gasteiger partial charge in [0, 0.05) is 32.9 Å². The third-order valence-corrected chi connectivity index (χ3v) is 6.97. The summed E-state index contributed by atoms with van der Waals surface area (Å²) in [7, 11) is 10.8. The van der Waals surface area contributed by atoms with E-state index in [1.54, 1.807) is 27.5 Å². The van der Waals surface area contributed by atoms with E-state index in [0.29, 0.717) is 12.3 Å². The lowest BCUT2D eigenvalue weighted by Crippen LogP contribution is -2.60. The molecule has 0 heterocycles. The highest BCUT2D eigenvalue weighted by Crippen LogP contribution is 2.42. The number of ether oxygens (including phenoxy) is 1. The first-order valence-corrected chi connectivity index (χ1v) is 9.94. The first-order valence-electron chi connectivity index (χ1n) is 9.12. The molecule has 0 aliphatic carbocycles. The number of hydrogen-bond donors (Lipinski definition) is 2. The zero-order valence-corrected chi connectivity index (χ0v) is 17.9. The minimum atomic E-state index is -1.40. The summed E-state index contributed by atoms with van der Waals surface area (Å²) in [5.74, 6) is 0.683. The highest BCUT2D eigenvalue weighted by Gasteiger charge is 2.48. The number of anilines is 1. The first-order chi connectivity index (χ1) is 12.4. The topological polar surface area (TPSA) is 61.3 Å². The molecule has 0 fully saturated rings. The van der Waals surface area contributed by atoms with E-state index in [9.17, 15) is 4.39 Å². The number of nitrogens with two attached hydrogens (primary N) is 2. The largest absolute Gasteiger partial charge is 0.506 e. The summed E-state index contributed by atoms with van der Waals surface area (Å²) in [6.45, 7) is 0.380. The van der Waals surface area contributed by atoms with Crippen molar-refractivity contribution in [2.24, 2.45) is 5.73 Å². The van der Waals surface area contributed by atoms with Crippen molar-refractivity contribution >= 4 is 64.5 Å². The molecule has 4 N–H and O–H groups in total. The van der Waals surface area contributed by atoms with Crippen molar-refractivity contribution in [3.8, 4) is 5.75 Å². The van der Waals surface area contributed by atoms with E-state index in [0.717, 1.165) is 21.0 Å². The average Bonchev–Trinajstić information content (AvgIpc) is 2.56. The Kier molecular flexibility index (Phi) is 6.48. The molecular formula is C16H25B6FN2OS. The first kappa shape index (κ1) is 22.0. The van der Waals surface area contributed by atoms with Gasteiger partial charge in [0.2, 0.25) is 0 Å². The predicted molar refractivity (Wildman–Crippen MR) is 130 cm³/mol. The fraction of sp³-hybridized carbons (Fsp3) is 0.250. The van der Waals surface area contributed by atoms with E-state index in [1.165, 1.54) is 0 Å². The number of benzene rings is 2. The van der Waals surface area contributed by atoms with Gasteiger partial charge in [0.1, 0.15) is 52.8 Å². The third kappa shape index (κ3) is 4.75. The van der Waals surface area contributed by atoms with Crippen LogP contribution in [0, 0.1) is 0 Å². The number of nitrogen functional groups attached to an aromatic ring is 1. The van der Waals surface area contributed by atoms with Gasteiger partial charge in [-0.2, -0.15) is 0 Å². The molecule has 0 bridgehead atoms. The SMILES string of the molecule is BC(B)(F)C(B)(B)C(B)(B)Oc1ccc(Sc2ccccc2N)c(CN)c1. The second-order valence-corrected chi connectivity index (χ2v) is 9.41. The van der Waals surface area contributed by atoms with Crippen LogP contribution in [0.2, 0.25) is 5.21 Å². The number of para-hydroxylation sites is 1. The molecule has 0 unspecified atom stereocenters. The van der Waals surface area contributed by atoms with E-state index in [-0.39, 0.29) is 0 Å². The summed E-state index contributed by atoms with van der Waals surface area (Å²) in [5, 5.41) is -1.41. The molecular weight excluding hydrogens is 352 g/mol. The Hall–Kier alpha value is -1.33. The lowest BCUT2D eigenvalue weighted by atomic mass is 9.25. The van der Waals surface area contributed by atoms with Crippen LogP contribution in [0.3, 0.4) is 0 Å². The Morgan fingerprint density at radius 2 is 1.59 bits per heavy atom. The van der Waals surface area contributed by atoms with Gasteiger partial charge in [0.15, 0.2) is 0 Å². The Morgan fingerprint density at radius 3 is 2.15 bits per heavy atom. The zero-order valence-electron chi connectivity index (χ0n) is 17.1. The van der Waals surface area contributed by atoms with Crippen LogP contribution in [0.25, 0.3) is 0 Å². The molecule has 2 aromatic rings. The van der Waals surface area contributed by atoms with Crippen LogP contribution in [-0.4, -0.2) is 57.9 Å². The van der Waals surface area contributed by atoms with Crippen molar-refractivity contribution in [3.05, 3.63) is 48.0 Å². The van der Waals surface area contributed by atoms with Crippen molar-refractivity contribution in [2.45, 2.75) is 32.4 Å². The van der Waals surface area contributed by atoms with Crippen LogP contribution >= 0.6 is 11.8 Å². The molecule has 0 spiro atoms.